The molecule has 1 aromatic heterocycles. The summed E-state index contributed by atoms with van der Waals surface area (Å²) in [6.07, 6.45) is 5.51. The Morgan fingerprint density at radius 3 is 3.10 bits per heavy atom. The highest BCUT2D eigenvalue weighted by molar-refractivity contribution is 5.90. The van der Waals surface area contributed by atoms with Crippen LogP contribution in [0.15, 0.2) is 4.52 Å². The van der Waals surface area contributed by atoms with Crippen molar-refractivity contribution in [2.75, 3.05) is 19.6 Å². The first kappa shape index (κ1) is 13.5. The molecule has 0 aliphatic carbocycles. The van der Waals surface area contributed by atoms with Gasteiger partial charge in [0.15, 0.2) is 0 Å². The molecule has 2 aliphatic heterocycles. The fourth-order valence-corrected chi connectivity index (χ4v) is 3.08. The first-order valence-corrected chi connectivity index (χ1v) is 7.64. The molecule has 0 spiro atoms. The van der Waals surface area contributed by atoms with Gasteiger partial charge in [-0.15, -0.1) is 0 Å². The van der Waals surface area contributed by atoms with Crippen molar-refractivity contribution in [2.24, 2.45) is 5.92 Å². The minimum absolute atomic E-state index is 0.0869. The molecule has 1 N–H and O–H groups in total. The molecule has 2 unspecified atom stereocenters. The monoisotopic (exact) mass is 278 g/mol. The number of amides is 1. The summed E-state index contributed by atoms with van der Waals surface area (Å²) in [6.45, 7) is 4.78. The number of hydrogen-bond donors (Lipinski definition) is 1. The van der Waals surface area contributed by atoms with E-state index in [-0.39, 0.29) is 17.8 Å². The third kappa shape index (κ3) is 2.70. The molecule has 2 fully saturated rings. The van der Waals surface area contributed by atoms with Gasteiger partial charge >= 0.3 is 0 Å². The van der Waals surface area contributed by atoms with Gasteiger partial charge in [0, 0.05) is 13.1 Å². The van der Waals surface area contributed by atoms with Crippen LogP contribution in [-0.4, -0.2) is 40.6 Å². The predicted octanol–water partition coefficient (Wildman–Crippen LogP) is 1.76. The lowest BCUT2D eigenvalue weighted by molar-refractivity contribution is 0.0655. The van der Waals surface area contributed by atoms with Crippen LogP contribution in [0, 0.1) is 5.92 Å². The molecule has 2 saturated heterocycles. The molecule has 0 saturated carbocycles. The summed E-state index contributed by atoms with van der Waals surface area (Å²) >= 11 is 0. The van der Waals surface area contributed by atoms with E-state index in [0.29, 0.717) is 11.8 Å². The third-order valence-electron chi connectivity index (χ3n) is 4.37. The number of aromatic nitrogens is 2. The molecule has 3 rings (SSSR count). The number of piperidine rings is 1. The number of hydrogen-bond acceptors (Lipinski definition) is 5. The summed E-state index contributed by atoms with van der Waals surface area (Å²) in [4.78, 5) is 18.6. The van der Waals surface area contributed by atoms with Gasteiger partial charge < -0.3 is 14.7 Å². The summed E-state index contributed by atoms with van der Waals surface area (Å²) in [6, 6.07) is 0.119. The summed E-state index contributed by atoms with van der Waals surface area (Å²) in [5.74, 6) is 1.28. The van der Waals surface area contributed by atoms with Crippen LogP contribution < -0.4 is 5.32 Å². The van der Waals surface area contributed by atoms with Crippen LogP contribution in [0.5, 0.6) is 0 Å². The van der Waals surface area contributed by atoms with E-state index in [0.717, 1.165) is 45.3 Å². The Morgan fingerprint density at radius 2 is 2.35 bits per heavy atom. The molecule has 1 amide bonds. The Balaban J connectivity index is 1.67. The molecule has 2 atom stereocenters. The van der Waals surface area contributed by atoms with Gasteiger partial charge in [-0.05, 0) is 38.1 Å². The Bertz CT molecular complexity index is 467. The molecule has 0 bridgehead atoms. The van der Waals surface area contributed by atoms with Gasteiger partial charge in [-0.2, -0.15) is 4.98 Å². The molecule has 20 heavy (non-hydrogen) atoms. The maximum Gasteiger partial charge on any atom is 0.295 e. The van der Waals surface area contributed by atoms with Crippen molar-refractivity contribution >= 4 is 5.91 Å². The molecule has 1 aromatic rings. The quantitative estimate of drug-likeness (QED) is 0.912. The van der Waals surface area contributed by atoms with E-state index in [1.54, 1.807) is 0 Å². The highest BCUT2D eigenvalue weighted by atomic mass is 16.5. The standard InChI is InChI=1S/C14H22N4O2/c1-2-10-5-4-8-18(9-10)14(19)12-16-13(20-17-12)11-6-3-7-15-11/h10-11,15H,2-9H2,1H3. The maximum atomic E-state index is 12.4. The van der Waals surface area contributed by atoms with Crippen LogP contribution in [0.1, 0.15) is 61.6 Å². The average Bonchev–Trinajstić information content (AvgIpc) is 3.17. The van der Waals surface area contributed by atoms with Gasteiger partial charge in [-0.3, -0.25) is 4.79 Å². The molecular formula is C14H22N4O2. The van der Waals surface area contributed by atoms with Gasteiger partial charge in [-0.25, -0.2) is 0 Å². The van der Waals surface area contributed by atoms with Crippen molar-refractivity contribution in [3.8, 4) is 0 Å². The Hall–Kier alpha value is -1.43. The summed E-state index contributed by atoms with van der Waals surface area (Å²) in [5.41, 5.74) is 0. The predicted molar refractivity (Wildman–Crippen MR) is 73.2 cm³/mol. The van der Waals surface area contributed by atoms with Crippen LogP contribution in [0.4, 0.5) is 0 Å². The highest BCUT2D eigenvalue weighted by Crippen LogP contribution is 2.23. The summed E-state index contributed by atoms with van der Waals surface area (Å²) in [7, 11) is 0. The summed E-state index contributed by atoms with van der Waals surface area (Å²) < 4.78 is 5.24. The summed E-state index contributed by atoms with van der Waals surface area (Å²) in [5, 5.41) is 7.17. The van der Waals surface area contributed by atoms with Gasteiger partial charge in [0.1, 0.15) is 0 Å². The zero-order valence-corrected chi connectivity index (χ0v) is 12.0. The molecule has 6 nitrogen and oxygen atoms in total. The molecule has 0 radical (unpaired) electrons. The van der Waals surface area contributed by atoms with E-state index < -0.39 is 0 Å². The molecule has 110 valence electrons. The van der Waals surface area contributed by atoms with Crippen LogP contribution in [-0.2, 0) is 0 Å². The van der Waals surface area contributed by atoms with Crippen molar-refractivity contribution in [1.29, 1.82) is 0 Å². The molecule has 3 heterocycles. The highest BCUT2D eigenvalue weighted by Gasteiger charge is 2.29. The van der Waals surface area contributed by atoms with Crippen molar-refractivity contribution in [3.05, 3.63) is 11.7 Å². The van der Waals surface area contributed by atoms with Crippen molar-refractivity contribution in [1.82, 2.24) is 20.4 Å². The average molecular weight is 278 g/mol. The Kier molecular flexibility index (Phi) is 4.00. The van der Waals surface area contributed by atoms with E-state index in [4.69, 9.17) is 4.52 Å². The second kappa shape index (κ2) is 5.91. The van der Waals surface area contributed by atoms with E-state index in [2.05, 4.69) is 22.4 Å². The number of nitrogens with zero attached hydrogens (tertiary/aromatic N) is 3. The number of nitrogens with one attached hydrogen (secondary N) is 1. The van der Waals surface area contributed by atoms with E-state index >= 15 is 0 Å². The smallest absolute Gasteiger partial charge is 0.295 e. The fourth-order valence-electron chi connectivity index (χ4n) is 3.08. The first-order valence-electron chi connectivity index (χ1n) is 7.64. The minimum Gasteiger partial charge on any atom is -0.337 e. The van der Waals surface area contributed by atoms with E-state index in [1.165, 1.54) is 6.42 Å². The largest absolute Gasteiger partial charge is 0.337 e. The molecule has 6 heteroatoms. The van der Waals surface area contributed by atoms with Crippen LogP contribution in [0.3, 0.4) is 0 Å². The lowest BCUT2D eigenvalue weighted by Gasteiger charge is -2.31. The van der Waals surface area contributed by atoms with Crippen LogP contribution in [0.25, 0.3) is 0 Å². The lowest BCUT2D eigenvalue weighted by Crippen LogP contribution is -2.40. The number of likely N-dealkylation sites (tertiary alicyclic amines) is 1. The Morgan fingerprint density at radius 1 is 1.45 bits per heavy atom. The maximum absolute atomic E-state index is 12.4. The lowest BCUT2D eigenvalue weighted by atomic mass is 9.95. The Labute approximate surface area is 118 Å². The van der Waals surface area contributed by atoms with Crippen LogP contribution >= 0.6 is 0 Å². The van der Waals surface area contributed by atoms with Crippen molar-refractivity contribution < 1.29 is 9.32 Å². The molecule has 0 aromatic carbocycles. The van der Waals surface area contributed by atoms with E-state index in [9.17, 15) is 4.79 Å². The number of carbonyl (C=O) groups is 1. The van der Waals surface area contributed by atoms with Crippen molar-refractivity contribution in [2.45, 2.75) is 45.1 Å². The van der Waals surface area contributed by atoms with Gasteiger partial charge in [-0.1, -0.05) is 18.5 Å². The van der Waals surface area contributed by atoms with E-state index in [1.807, 2.05) is 4.90 Å². The minimum atomic E-state index is -0.0869. The molecular weight excluding hydrogens is 256 g/mol. The SMILES string of the molecule is CCC1CCCN(C(=O)c2noc(C3CCCN3)n2)C1. The van der Waals surface area contributed by atoms with Gasteiger partial charge in [0.05, 0.1) is 6.04 Å². The zero-order chi connectivity index (χ0) is 13.9. The number of rotatable bonds is 3. The fraction of sp³-hybridized carbons (Fsp3) is 0.786. The normalized spacial score (nSPS) is 26.9. The van der Waals surface area contributed by atoms with Gasteiger partial charge in [0.2, 0.25) is 5.89 Å². The topological polar surface area (TPSA) is 71.3 Å². The zero-order valence-electron chi connectivity index (χ0n) is 12.0. The first-order chi connectivity index (χ1) is 9.78. The number of carbonyl (C=O) groups excluding carboxylic acids is 1. The van der Waals surface area contributed by atoms with Crippen molar-refractivity contribution in [3.63, 3.8) is 0 Å². The second-order valence-electron chi connectivity index (χ2n) is 5.77. The molecule has 2 aliphatic rings. The third-order valence-corrected chi connectivity index (χ3v) is 4.37. The van der Waals surface area contributed by atoms with Crippen LogP contribution in [0.2, 0.25) is 0 Å². The van der Waals surface area contributed by atoms with Gasteiger partial charge in [0.25, 0.3) is 11.7 Å². The second-order valence-corrected chi connectivity index (χ2v) is 5.77.